The molecule has 0 amide bonds. The van der Waals surface area contributed by atoms with Gasteiger partial charge in [-0.05, 0) is 40.4 Å². The van der Waals surface area contributed by atoms with E-state index in [0.717, 1.165) is 14.2 Å². The van der Waals surface area contributed by atoms with Crippen LogP contribution in [0.25, 0.3) is 0 Å². The third-order valence-electron chi connectivity index (χ3n) is 2.07. The Morgan fingerprint density at radius 2 is 2.19 bits per heavy atom. The van der Waals surface area contributed by atoms with E-state index in [4.69, 9.17) is 4.74 Å². The molecule has 16 heavy (non-hydrogen) atoms. The number of carbonyl (C=O) groups excluding carboxylic acids is 1. The number of hydrogen-bond acceptors (Lipinski definition) is 4. The largest absolute Gasteiger partial charge is 0.495 e. The first-order valence-corrected chi connectivity index (χ1v) is 7.04. The zero-order chi connectivity index (χ0) is 11.7. The predicted octanol–water partition coefficient (Wildman–Crippen LogP) is 4.12. The van der Waals surface area contributed by atoms with Gasteiger partial charge in [-0.3, -0.25) is 4.79 Å². The van der Waals surface area contributed by atoms with Crippen LogP contribution < -0.4 is 4.74 Å². The van der Waals surface area contributed by atoms with E-state index >= 15 is 0 Å². The Hall–Kier alpha value is -0.650. The predicted molar refractivity (Wildman–Crippen MR) is 71.1 cm³/mol. The van der Waals surface area contributed by atoms with Gasteiger partial charge in [-0.1, -0.05) is 0 Å². The van der Waals surface area contributed by atoms with Crippen LogP contribution in [0.5, 0.6) is 5.75 Å². The number of carbonyl (C=O) groups is 1. The van der Waals surface area contributed by atoms with E-state index in [9.17, 15) is 4.79 Å². The Labute approximate surface area is 110 Å². The zero-order valence-electron chi connectivity index (χ0n) is 8.74. The topological polar surface area (TPSA) is 26.3 Å². The van der Waals surface area contributed by atoms with E-state index in [1.165, 1.54) is 22.7 Å². The molecule has 2 aromatic heterocycles. The fourth-order valence-corrected chi connectivity index (χ4v) is 4.00. The average molecular weight is 317 g/mol. The monoisotopic (exact) mass is 316 g/mol. The summed E-state index contributed by atoms with van der Waals surface area (Å²) in [5.74, 6) is 0.671. The Balaban J connectivity index is 2.43. The van der Waals surface area contributed by atoms with Crippen LogP contribution in [0, 0.1) is 6.92 Å². The van der Waals surface area contributed by atoms with Gasteiger partial charge in [-0.2, -0.15) is 0 Å². The molecule has 2 heterocycles. The lowest BCUT2D eigenvalue weighted by molar-refractivity contribution is 0.104. The smallest absolute Gasteiger partial charge is 0.217 e. The van der Waals surface area contributed by atoms with Gasteiger partial charge in [0.2, 0.25) is 5.78 Å². The minimum atomic E-state index is 0.0248. The van der Waals surface area contributed by atoms with Crippen molar-refractivity contribution in [2.75, 3.05) is 7.11 Å². The molecule has 2 nitrogen and oxygen atoms in total. The molecule has 0 aromatic carbocycles. The van der Waals surface area contributed by atoms with Crippen LogP contribution in [0.2, 0.25) is 0 Å². The number of aryl methyl sites for hydroxylation is 1. The lowest BCUT2D eigenvalue weighted by Gasteiger charge is -2.00. The van der Waals surface area contributed by atoms with Crippen molar-refractivity contribution in [1.29, 1.82) is 0 Å². The Bertz CT molecular complexity index is 528. The molecule has 0 unspecified atom stereocenters. The Kier molecular flexibility index (Phi) is 3.47. The van der Waals surface area contributed by atoms with Crippen molar-refractivity contribution in [3.63, 3.8) is 0 Å². The molecule has 0 spiro atoms. The van der Waals surface area contributed by atoms with E-state index in [-0.39, 0.29) is 5.78 Å². The van der Waals surface area contributed by atoms with Crippen molar-refractivity contribution in [3.8, 4) is 5.75 Å². The van der Waals surface area contributed by atoms with Crippen molar-refractivity contribution in [2.24, 2.45) is 0 Å². The molecule has 0 saturated carbocycles. The fraction of sp³-hybridized carbons (Fsp3) is 0.182. The maximum Gasteiger partial charge on any atom is 0.217 e. The van der Waals surface area contributed by atoms with E-state index < -0.39 is 0 Å². The van der Waals surface area contributed by atoms with Gasteiger partial charge < -0.3 is 4.74 Å². The van der Waals surface area contributed by atoms with Gasteiger partial charge >= 0.3 is 0 Å². The minimum absolute atomic E-state index is 0.0248. The van der Waals surface area contributed by atoms with Crippen LogP contribution in [0.1, 0.15) is 19.4 Å². The number of methoxy groups -OCH3 is 1. The van der Waals surface area contributed by atoms with Crippen molar-refractivity contribution in [2.45, 2.75) is 6.92 Å². The van der Waals surface area contributed by atoms with E-state index in [1.807, 2.05) is 24.4 Å². The highest BCUT2D eigenvalue weighted by Gasteiger charge is 2.20. The number of thiophene rings is 2. The quantitative estimate of drug-likeness (QED) is 0.796. The van der Waals surface area contributed by atoms with Crippen LogP contribution in [0.15, 0.2) is 22.0 Å². The second-order valence-electron chi connectivity index (χ2n) is 3.18. The summed E-state index contributed by atoms with van der Waals surface area (Å²) in [6.07, 6.45) is 0. The lowest BCUT2D eigenvalue weighted by atomic mass is 10.2. The van der Waals surface area contributed by atoms with Gasteiger partial charge in [-0.15, -0.1) is 22.7 Å². The second-order valence-corrected chi connectivity index (χ2v) is 6.21. The number of ether oxygens (including phenoxy) is 1. The number of hydrogen-bond donors (Lipinski definition) is 0. The average Bonchev–Trinajstić information content (AvgIpc) is 2.83. The molecule has 2 rings (SSSR count). The standard InChI is InChI=1S/C11H9BrO2S2/c1-6-5-7(12)10(16-6)9(13)11-8(14-2)3-4-15-11/h3-5H,1-2H3. The summed E-state index contributed by atoms with van der Waals surface area (Å²) in [5, 5.41) is 1.86. The van der Waals surface area contributed by atoms with E-state index in [2.05, 4.69) is 15.9 Å². The molecular weight excluding hydrogens is 308 g/mol. The van der Waals surface area contributed by atoms with Crippen molar-refractivity contribution >= 4 is 44.4 Å². The van der Waals surface area contributed by atoms with Crippen molar-refractivity contribution in [1.82, 2.24) is 0 Å². The molecule has 0 aliphatic heterocycles. The molecule has 0 N–H and O–H groups in total. The molecule has 0 fully saturated rings. The lowest BCUT2D eigenvalue weighted by Crippen LogP contribution is -1.98. The molecule has 5 heteroatoms. The normalized spacial score (nSPS) is 10.4. The summed E-state index contributed by atoms with van der Waals surface area (Å²) in [4.78, 5) is 14.7. The van der Waals surface area contributed by atoms with Crippen molar-refractivity contribution < 1.29 is 9.53 Å². The highest BCUT2D eigenvalue weighted by molar-refractivity contribution is 9.10. The molecule has 0 aliphatic rings. The summed E-state index contributed by atoms with van der Waals surface area (Å²) < 4.78 is 6.01. The summed E-state index contributed by atoms with van der Waals surface area (Å²) in [5.41, 5.74) is 0. The fourth-order valence-electron chi connectivity index (χ4n) is 1.36. The summed E-state index contributed by atoms with van der Waals surface area (Å²) in [6.45, 7) is 1.98. The summed E-state index contributed by atoms with van der Waals surface area (Å²) in [6, 6.07) is 3.77. The molecule has 0 aliphatic carbocycles. The maximum atomic E-state index is 12.2. The first-order chi connectivity index (χ1) is 7.63. The molecular formula is C11H9BrO2S2. The van der Waals surface area contributed by atoms with E-state index in [0.29, 0.717) is 10.6 Å². The van der Waals surface area contributed by atoms with Crippen LogP contribution in [-0.4, -0.2) is 12.9 Å². The first kappa shape index (κ1) is 11.8. The number of rotatable bonds is 3. The first-order valence-electron chi connectivity index (χ1n) is 4.55. The highest BCUT2D eigenvalue weighted by Crippen LogP contribution is 2.33. The number of ketones is 1. The molecule has 0 saturated heterocycles. The van der Waals surface area contributed by atoms with Gasteiger partial charge in [0.05, 0.1) is 12.0 Å². The van der Waals surface area contributed by atoms with Crippen LogP contribution >= 0.6 is 38.6 Å². The highest BCUT2D eigenvalue weighted by atomic mass is 79.9. The van der Waals surface area contributed by atoms with Gasteiger partial charge in [0.25, 0.3) is 0 Å². The second kappa shape index (κ2) is 4.69. The van der Waals surface area contributed by atoms with Crippen LogP contribution in [0.4, 0.5) is 0 Å². The third-order valence-corrected chi connectivity index (χ3v) is 4.90. The van der Waals surface area contributed by atoms with Crippen LogP contribution in [-0.2, 0) is 0 Å². The van der Waals surface area contributed by atoms with Crippen molar-refractivity contribution in [3.05, 3.63) is 36.6 Å². The van der Waals surface area contributed by atoms with Gasteiger partial charge in [0.1, 0.15) is 10.6 Å². The SMILES string of the molecule is COc1ccsc1C(=O)c1sc(C)cc1Br. The van der Waals surface area contributed by atoms with Gasteiger partial charge in [0, 0.05) is 9.35 Å². The molecule has 0 bridgehead atoms. The van der Waals surface area contributed by atoms with Gasteiger partial charge in [-0.25, -0.2) is 0 Å². The summed E-state index contributed by atoms with van der Waals surface area (Å²) >= 11 is 6.30. The molecule has 2 aromatic rings. The van der Waals surface area contributed by atoms with Crippen LogP contribution in [0.3, 0.4) is 0 Å². The summed E-state index contributed by atoms with van der Waals surface area (Å²) in [7, 11) is 1.58. The van der Waals surface area contributed by atoms with E-state index in [1.54, 1.807) is 7.11 Å². The van der Waals surface area contributed by atoms with Gasteiger partial charge in [0.15, 0.2) is 0 Å². The minimum Gasteiger partial charge on any atom is -0.495 e. The molecule has 84 valence electrons. The number of halogens is 1. The zero-order valence-corrected chi connectivity index (χ0v) is 12.0. The Morgan fingerprint density at radius 3 is 2.75 bits per heavy atom. The maximum absolute atomic E-state index is 12.2. The third kappa shape index (κ3) is 2.07. The molecule has 0 atom stereocenters. The Morgan fingerprint density at radius 1 is 1.44 bits per heavy atom. The molecule has 0 radical (unpaired) electrons.